The van der Waals surface area contributed by atoms with Crippen molar-refractivity contribution in [3.63, 3.8) is 0 Å². The van der Waals surface area contributed by atoms with Gasteiger partial charge in [-0.2, -0.15) is 13.2 Å². The molecule has 1 nitrogen and oxygen atoms in total. The molecule has 6 heteroatoms. The molecule has 0 aliphatic heterocycles. The summed E-state index contributed by atoms with van der Waals surface area (Å²) in [5, 5.41) is 10.5. The van der Waals surface area contributed by atoms with E-state index < -0.39 is 24.0 Å². The summed E-state index contributed by atoms with van der Waals surface area (Å²) in [6.45, 7) is 0. The minimum atomic E-state index is -4.15. The Morgan fingerprint density at radius 2 is 1.81 bits per heavy atom. The van der Waals surface area contributed by atoms with Gasteiger partial charge in [-0.25, -0.2) is 4.39 Å². The van der Waals surface area contributed by atoms with E-state index in [4.69, 9.17) is 11.6 Å². The normalized spacial score (nSPS) is 24.9. The molecule has 0 amide bonds. The van der Waals surface area contributed by atoms with E-state index in [1.807, 2.05) is 0 Å². The summed E-state index contributed by atoms with van der Waals surface area (Å²) < 4.78 is 50.9. The van der Waals surface area contributed by atoms with Gasteiger partial charge in [-0.3, -0.25) is 0 Å². The molecule has 0 saturated heterocycles. The Kier molecular flexibility index (Phi) is 5.15. The summed E-state index contributed by atoms with van der Waals surface area (Å²) in [5.41, 5.74) is 0.488. The predicted molar refractivity (Wildman–Crippen MR) is 72.6 cm³/mol. The Bertz CT molecular complexity index is 481. The van der Waals surface area contributed by atoms with Crippen molar-refractivity contribution < 1.29 is 22.7 Å². The quantitative estimate of drug-likeness (QED) is 0.795. The smallest absolute Gasteiger partial charge is 0.391 e. The molecule has 1 N–H and O–H groups in total. The third-order valence-electron chi connectivity index (χ3n) is 4.22. The zero-order chi connectivity index (χ0) is 15.6. The summed E-state index contributed by atoms with van der Waals surface area (Å²) in [6.07, 6.45) is -4.03. The van der Waals surface area contributed by atoms with Crippen molar-refractivity contribution >= 4 is 11.6 Å². The van der Waals surface area contributed by atoms with Crippen LogP contribution in [0.1, 0.15) is 31.2 Å². The molecule has 1 aliphatic rings. The van der Waals surface area contributed by atoms with Gasteiger partial charge in [0, 0.05) is 11.4 Å². The first kappa shape index (κ1) is 16.6. The molecule has 1 aromatic carbocycles. The molecular weight excluding hydrogens is 308 g/mol. The minimum absolute atomic E-state index is 0.0438. The van der Waals surface area contributed by atoms with Crippen LogP contribution in [0.4, 0.5) is 17.6 Å². The van der Waals surface area contributed by atoms with Gasteiger partial charge in [-0.1, -0.05) is 11.6 Å². The molecule has 2 rings (SSSR count). The second kappa shape index (κ2) is 6.53. The van der Waals surface area contributed by atoms with E-state index in [1.165, 1.54) is 18.2 Å². The maximum absolute atomic E-state index is 13.2. The molecule has 118 valence electrons. The van der Waals surface area contributed by atoms with Crippen molar-refractivity contribution in [3.05, 3.63) is 34.6 Å². The van der Waals surface area contributed by atoms with E-state index in [1.54, 1.807) is 0 Å². The van der Waals surface area contributed by atoms with Gasteiger partial charge in [0.2, 0.25) is 0 Å². The first-order valence-electron chi connectivity index (χ1n) is 6.96. The Balaban J connectivity index is 1.93. The molecule has 0 bridgehead atoms. The van der Waals surface area contributed by atoms with Crippen molar-refractivity contribution in [2.75, 3.05) is 0 Å². The number of hydrogen-bond donors (Lipinski definition) is 1. The van der Waals surface area contributed by atoms with Crippen molar-refractivity contribution in [1.82, 2.24) is 0 Å². The number of rotatable bonds is 3. The summed E-state index contributed by atoms with van der Waals surface area (Å²) in [7, 11) is 0. The highest BCUT2D eigenvalue weighted by Crippen LogP contribution is 2.40. The van der Waals surface area contributed by atoms with E-state index in [-0.39, 0.29) is 25.2 Å². The van der Waals surface area contributed by atoms with Gasteiger partial charge in [0.15, 0.2) is 0 Å². The SMILES string of the molecule is OC(Cc1cc(F)ccc1Cl)C1CCC(C(F)(F)F)CC1. The van der Waals surface area contributed by atoms with E-state index >= 15 is 0 Å². The molecule has 1 saturated carbocycles. The highest BCUT2D eigenvalue weighted by molar-refractivity contribution is 6.31. The molecule has 0 radical (unpaired) electrons. The summed E-state index contributed by atoms with van der Waals surface area (Å²) in [4.78, 5) is 0. The van der Waals surface area contributed by atoms with Crippen molar-refractivity contribution in [2.24, 2.45) is 11.8 Å². The van der Waals surface area contributed by atoms with Gasteiger partial charge < -0.3 is 5.11 Å². The monoisotopic (exact) mass is 324 g/mol. The Hall–Kier alpha value is -0.810. The van der Waals surface area contributed by atoms with Crippen LogP contribution < -0.4 is 0 Å². The summed E-state index contributed by atoms with van der Waals surface area (Å²) in [5.74, 6) is -1.90. The maximum Gasteiger partial charge on any atom is 0.391 e. The summed E-state index contributed by atoms with van der Waals surface area (Å²) >= 11 is 5.94. The fraction of sp³-hybridized carbons (Fsp3) is 0.600. The topological polar surface area (TPSA) is 20.2 Å². The number of aliphatic hydroxyl groups is 1. The van der Waals surface area contributed by atoms with Crippen molar-refractivity contribution in [2.45, 2.75) is 44.4 Å². The second-order valence-electron chi connectivity index (χ2n) is 5.66. The van der Waals surface area contributed by atoms with Crippen LogP contribution in [-0.4, -0.2) is 17.4 Å². The van der Waals surface area contributed by atoms with Crippen LogP contribution in [-0.2, 0) is 6.42 Å². The van der Waals surface area contributed by atoms with Gasteiger partial charge in [0.05, 0.1) is 12.0 Å². The fourth-order valence-corrected chi connectivity index (χ4v) is 3.12. The largest absolute Gasteiger partial charge is 0.392 e. The molecule has 21 heavy (non-hydrogen) atoms. The van der Waals surface area contributed by atoms with Gasteiger partial charge in [-0.05, 0) is 55.4 Å². The number of aliphatic hydroxyl groups excluding tert-OH is 1. The molecule has 1 fully saturated rings. The number of hydrogen-bond acceptors (Lipinski definition) is 1. The van der Waals surface area contributed by atoms with Crippen molar-refractivity contribution in [3.8, 4) is 0 Å². The highest BCUT2D eigenvalue weighted by Gasteiger charge is 2.42. The first-order valence-corrected chi connectivity index (χ1v) is 7.34. The molecule has 1 aromatic rings. The average molecular weight is 325 g/mol. The number of benzene rings is 1. The van der Waals surface area contributed by atoms with Crippen LogP contribution in [0.25, 0.3) is 0 Å². The average Bonchev–Trinajstić information content (AvgIpc) is 2.42. The van der Waals surface area contributed by atoms with Crippen LogP contribution in [0, 0.1) is 17.7 Å². The zero-order valence-corrected chi connectivity index (χ0v) is 12.1. The van der Waals surface area contributed by atoms with Crippen LogP contribution in [0.2, 0.25) is 5.02 Å². The standard InChI is InChI=1S/C15H17ClF4O/c16-13-6-5-12(17)7-10(13)8-14(21)9-1-3-11(4-2-9)15(18,19)20/h5-7,9,11,14,21H,1-4,8H2. The summed E-state index contributed by atoms with van der Waals surface area (Å²) in [6, 6.07) is 3.90. The number of alkyl halides is 3. The van der Waals surface area contributed by atoms with Crippen molar-refractivity contribution in [1.29, 1.82) is 0 Å². The predicted octanol–water partition coefficient (Wildman–Crippen LogP) is 4.75. The lowest BCUT2D eigenvalue weighted by molar-refractivity contribution is -0.185. The Morgan fingerprint density at radius 1 is 1.19 bits per heavy atom. The van der Waals surface area contributed by atoms with Crippen LogP contribution in [0.15, 0.2) is 18.2 Å². The van der Waals surface area contributed by atoms with E-state index in [2.05, 4.69) is 0 Å². The van der Waals surface area contributed by atoms with E-state index in [0.29, 0.717) is 23.4 Å². The van der Waals surface area contributed by atoms with E-state index in [9.17, 15) is 22.7 Å². The first-order chi connectivity index (χ1) is 9.77. The molecule has 0 heterocycles. The highest BCUT2D eigenvalue weighted by atomic mass is 35.5. The fourth-order valence-electron chi connectivity index (χ4n) is 2.92. The molecule has 1 atom stereocenters. The lowest BCUT2D eigenvalue weighted by atomic mass is 9.78. The zero-order valence-electron chi connectivity index (χ0n) is 11.3. The van der Waals surface area contributed by atoms with Crippen LogP contribution in [0.3, 0.4) is 0 Å². The van der Waals surface area contributed by atoms with E-state index in [0.717, 1.165) is 0 Å². The molecule has 1 unspecified atom stereocenters. The minimum Gasteiger partial charge on any atom is -0.392 e. The molecular formula is C15H17ClF4O. The lowest BCUT2D eigenvalue weighted by Crippen LogP contribution is -2.32. The van der Waals surface area contributed by atoms with Crippen LogP contribution in [0.5, 0.6) is 0 Å². The van der Waals surface area contributed by atoms with Gasteiger partial charge in [0.1, 0.15) is 5.82 Å². The second-order valence-corrected chi connectivity index (χ2v) is 6.07. The molecule has 0 spiro atoms. The lowest BCUT2D eigenvalue weighted by Gasteiger charge is -2.32. The maximum atomic E-state index is 13.2. The van der Waals surface area contributed by atoms with Gasteiger partial charge in [-0.15, -0.1) is 0 Å². The Labute approximate surface area is 125 Å². The molecule has 1 aliphatic carbocycles. The third kappa shape index (κ3) is 4.33. The third-order valence-corrected chi connectivity index (χ3v) is 4.58. The van der Waals surface area contributed by atoms with Crippen LogP contribution >= 0.6 is 11.6 Å². The van der Waals surface area contributed by atoms with Gasteiger partial charge >= 0.3 is 6.18 Å². The molecule has 0 aromatic heterocycles. The van der Waals surface area contributed by atoms with Gasteiger partial charge in [0.25, 0.3) is 0 Å². The number of halogens is 5. The Morgan fingerprint density at radius 3 is 2.38 bits per heavy atom.